The van der Waals surface area contributed by atoms with Gasteiger partial charge in [0.15, 0.2) is 0 Å². The molecular formula is C10H13NO2. The van der Waals surface area contributed by atoms with Gasteiger partial charge >= 0.3 is 0 Å². The van der Waals surface area contributed by atoms with Crippen LogP contribution in [0.3, 0.4) is 0 Å². The van der Waals surface area contributed by atoms with Crippen LogP contribution in [-0.2, 0) is 0 Å². The number of nitrogens with one attached hydrogen (secondary N) is 1. The molecule has 1 atom stereocenters. The third-order valence-electron chi connectivity index (χ3n) is 2.40. The van der Waals surface area contributed by atoms with Gasteiger partial charge in [0.05, 0.1) is 12.2 Å². The van der Waals surface area contributed by atoms with E-state index in [1.54, 1.807) is 12.1 Å². The van der Waals surface area contributed by atoms with Gasteiger partial charge in [0.2, 0.25) is 0 Å². The predicted molar refractivity (Wildman–Crippen MR) is 50.0 cm³/mol. The molecule has 0 aromatic heterocycles. The number of ether oxygens (including phenoxy) is 1. The summed E-state index contributed by atoms with van der Waals surface area (Å²) in [4.78, 5) is 0. The fourth-order valence-corrected chi connectivity index (χ4v) is 1.73. The zero-order valence-corrected chi connectivity index (χ0v) is 7.58. The Hall–Kier alpha value is -1.22. The third-order valence-corrected chi connectivity index (χ3v) is 2.40. The van der Waals surface area contributed by atoms with E-state index in [2.05, 4.69) is 5.32 Å². The maximum atomic E-state index is 9.64. The average Bonchev–Trinajstić information content (AvgIpc) is 2.17. The summed E-state index contributed by atoms with van der Waals surface area (Å²) in [6, 6.07) is 5.59. The molecular weight excluding hydrogens is 166 g/mol. The van der Waals surface area contributed by atoms with E-state index >= 15 is 0 Å². The minimum Gasteiger partial charge on any atom is -0.507 e. The Morgan fingerprint density at radius 1 is 1.54 bits per heavy atom. The molecule has 1 aromatic carbocycles. The first-order valence-corrected chi connectivity index (χ1v) is 4.45. The second-order valence-electron chi connectivity index (χ2n) is 3.17. The molecule has 1 aliphatic heterocycles. The minimum absolute atomic E-state index is 0.213. The lowest BCUT2D eigenvalue weighted by molar-refractivity contribution is 0.252. The van der Waals surface area contributed by atoms with E-state index in [1.165, 1.54) is 0 Å². The molecule has 0 radical (unpaired) electrons. The van der Waals surface area contributed by atoms with Crippen molar-refractivity contribution >= 4 is 0 Å². The Morgan fingerprint density at radius 2 is 2.38 bits per heavy atom. The molecule has 0 saturated heterocycles. The van der Waals surface area contributed by atoms with Crippen molar-refractivity contribution in [2.45, 2.75) is 12.5 Å². The molecule has 0 fully saturated rings. The first kappa shape index (κ1) is 8.38. The number of hydrogen-bond donors (Lipinski definition) is 2. The van der Waals surface area contributed by atoms with Crippen molar-refractivity contribution in [2.75, 3.05) is 13.7 Å². The van der Waals surface area contributed by atoms with Gasteiger partial charge in [-0.3, -0.25) is 0 Å². The largest absolute Gasteiger partial charge is 0.507 e. The fourth-order valence-electron chi connectivity index (χ4n) is 1.73. The molecule has 0 aliphatic carbocycles. The molecule has 0 amide bonds. The third kappa shape index (κ3) is 1.35. The van der Waals surface area contributed by atoms with Crippen molar-refractivity contribution < 1.29 is 9.84 Å². The van der Waals surface area contributed by atoms with E-state index in [9.17, 15) is 5.11 Å². The highest BCUT2D eigenvalue weighted by Gasteiger charge is 2.22. The molecule has 0 bridgehead atoms. The number of phenolic OH excluding ortho intramolecular Hbond substituents is 1. The van der Waals surface area contributed by atoms with Gasteiger partial charge in [0.1, 0.15) is 11.5 Å². The van der Waals surface area contributed by atoms with Gasteiger partial charge in [-0.15, -0.1) is 0 Å². The maximum absolute atomic E-state index is 9.64. The van der Waals surface area contributed by atoms with Gasteiger partial charge in [-0.1, -0.05) is 6.07 Å². The van der Waals surface area contributed by atoms with Crippen LogP contribution < -0.4 is 10.1 Å². The highest BCUT2D eigenvalue weighted by molar-refractivity contribution is 5.47. The Kier molecular flexibility index (Phi) is 2.10. The number of aromatic hydroxyl groups is 1. The van der Waals surface area contributed by atoms with E-state index < -0.39 is 0 Å². The van der Waals surface area contributed by atoms with Gasteiger partial charge in [0.25, 0.3) is 0 Å². The summed E-state index contributed by atoms with van der Waals surface area (Å²) in [6.07, 6.45) is 0.904. The predicted octanol–water partition coefficient (Wildman–Crippen LogP) is 1.44. The minimum atomic E-state index is 0.213. The summed E-state index contributed by atoms with van der Waals surface area (Å²) in [7, 11) is 1.90. The van der Waals surface area contributed by atoms with Crippen LogP contribution >= 0.6 is 0 Å². The highest BCUT2D eigenvalue weighted by Crippen LogP contribution is 2.37. The van der Waals surface area contributed by atoms with E-state index in [4.69, 9.17) is 4.74 Å². The Balaban J connectivity index is 2.47. The number of fused-ring (bicyclic) bond motifs is 1. The van der Waals surface area contributed by atoms with Gasteiger partial charge in [0, 0.05) is 12.5 Å². The molecule has 2 rings (SSSR count). The van der Waals surface area contributed by atoms with Crippen molar-refractivity contribution in [1.29, 1.82) is 0 Å². The quantitative estimate of drug-likeness (QED) is 0.685. The molecule has 3 nitrogen and oxygen atoms in total. The lowest BCUT2D eigenvalue weighted by Crippen LogP contribution is -2.23. The van der Waals surface area contributed by atoms with E-state index in [-0.39, 0.29) is 6.04 Å². The molecule has 13 heavy (non-hydrogen) atoms. The summed E-state index contributed by atoms with van der Waals surface area (Å²) in [5.74, 6) is 1.11. The van der Waals surface area contributed by atoms with Crippen LogP contribution in [0, 0.1) is 0 Å². The first-order chi connectivity index (χ1) is 6.33. The summed E-state index contributed by atoms with van der Waals surface area (Å²) in [5, 5.41) is 12.8. The molecule has 1 unspecified atom stereocenters. The van der Waals surface area contributed by atoms with Gasteiger partial charge < -0.3 is 15.2 Å². The monoisotopic (exact) mass is 179 g/mol. The van der Waals surface area contributed by atoms with Crippen LogP contribution in [0.1, 0.15) is 18.0 Å². The second kappa shape index (κ2) is 3.26. The fraction of sp³-hybridized carbons (Fsp3) is 0.400. The van der Waals surface area contributed by atoms with Crippen molar-refractivity contribution in [2.24, 2.45) is 0 Å². The van der Waals surface area contributed by atoms with Gasteiger partial charge in [-0.05, 0) is 19.2 Å². The molecule has 0 spiro atoms. The van der Waals surface area contributed by atoms with Crippen LogP contribution in [0.5, 0.6) is 11.5 Å². The number of hydrogen-bond acceptors (Lipinski definition) is 3. The smallest absolute Gasteiger partial charge is 0.127 e. The van der Waals surface area contributed by atoms with E-state index in [1.807, 2.05) is 13.1 Å². The maximum Gasteiger partial charge on any atom is 0.127 e. The zero-order valence-electron chi connectivity index (χ0n) is 7.58. The van der Waals surface area contributed by atoms with Crippen molar-refractivity contribution in [1.82, 2.24) is 5.32 Å². The normalized spacial score (nSPS) is 20.5. The van der Waals surface area contributed by atoms with Gasteiger partial charge in [-0.25, -0.2) is 0 Å². The Bertz CT molecular complexity index is 312. The second-order valence-corrected chi connectivity index (χ2v) is 3.17. The van der Waals surface area contributed by atoms with E-state index in [0.29, 0.717) is 12.4 Å². The Morgan fingerprint density at radius 3 is 3.15 bits per heavy atom. The van der Waals surface area contributed by atoms with Crippen molar-refractivity contribution in [3.05, 3.63) is 23.8 Å². The SMILES string of the molecule is CNC1CCOc2cccc(O)c21. The molecule has 1 aliphatic rings. The summed E-state index contributed by atoms with van der Waals surface area (Å²) in [5.41, 5.74) is 0.885. The average molecular weight is 179 g/mol. The standard InChI is InChI=1S/C10H13NO2/c1-11-7-5-6-13-9-4-2-3-8(12)10(7)9/h2-4,7,11-12H,5-6H2,1H3. The summed E-state index contributed by atoms with van der Waals surface area (Å²) >= 11 is 0. The molecule has 1 heterocycles. The van der Waals surface area contributed by atoms with Crippen molar-refractivity contribution in [3.63, 3.8) is 0 Å². The van der Waals surface area contributed by atoms with Gasteiger partial charge in [-0.2, -0.15) is 0 Å². The molecule has 70 valence electrons. The lowest BCUT2D eigenvalue weighted by atomic mass is 10.00. The molecule has 3 heteroatoms. The topological polar surface area (TPSA) is 41.5 Å². The Labute approximate surface area is 77.3 Å². The first-order valence-electron chi connectivity index (χ1n) is 4.45. The molecule has 0 saturated carbocycles. The number of rotatable bonds is 1. The van der Waals surface area contributed by atoms with Crippen molar-refractivity contribution in [3.8, 4) is 11.5 Å². The summed E-state index contributed by atoms with van der Waals surface area (Å²) in [6.45, 7) is 0.710. The van der Waals surface area contributed by atoms with Crippen LogP contribution in [0.4, 0.5) is 0 Å². The van der Waals surface area contributed by atoms with Crippen LogP contribution in [0.15, 0.2) is 18.2 Å². The number of benzene rings is 1. The van der Waals surface area contributed by atoms with Crippen LogP contribution in [0.2, 0.25) is 0 Å². The summed E-state index contributed by atoms with van der Waals surface area (Å²) < 4.78 is 5.44. The van der Waals surface area contributed by atoms with Crippen LogP contribution in [0.25, 0.3) is 0 Å². The number of phenols is 1. The molecule has 1 aromatic rings. The van der Waals surface area contributed by atoms with Crippen LogP contribution in [-0.4, -0.2) is 18.8 Å². The highest BCUT2D eigenvalue weighted by atomic mass is 16.5. The van der Waals surface area contributed by atoms with E-state index in [0.717, 1.165) is 17.7 Å². The zero-order chi connectivity index (χ0) is 9.26. The lowest BCUT2D eigenvalue weighted by Gasteiger charge is -2.26. The molecule has 2 N–H and O–H groups in total.